The zero-order chi connectivity index (χ0) is 18.7. The average Bonchev–Trinajstić information content (AvgIpc) is 3.14. The number of aryl methyl sites for hydroxylation is 2. The van der Waals surface area contributed by atoms with Crippen LogP contribution in [-0.2, 0) is 24.3 Å². The second-order valence-electron chi connectivity index (χ2n) is 6.69. The molecule has 0 radical (unpaired) electrons. The van der Waals surface area contributed by atoms with Crippen LogP contribution in [0.5, 0.6) is 0 Å². The van der Waals surface area contributed by atoms with Crippen molar-refractivity contribution in [3.05, 3.63) is 41.2 Å². The smallest absolute Gasteiger partial charge is 0.220 e. The van der Waals surface area contributed by atoms with Crippen LogP contribution in [0.4, 0.5) is 0 Å². The number of para-hydroxylation sites is 1. The van der Waals surface area contributed by atoms with Crippen molar-refractivity contribution < 1.29 is 4.79 Å². The van der Waals surface area contributed by atoms with Gasteiger partial charge in [0.15, 0.2) is 0 Å². The van der Waals surface area contributed by atoms with Crippen molar-refractivity contribution in [2.45, 2.75) is 59.7 Å². The average molecular weight is 354 g/mol. The van der Waals surface area contributed by atoms with E-state index in [2.05, 4.69) is 34.6 Å². The molecule has 1 N–H and O–H groups in total. The van der Waals surface area contributed by atoms with E-state index in [1.807, 2.05) is 47.5 Å². The molecule has 1 atom stereocenters. The van der Waals surface area contributed by atoms with Gasteiger partial charge in [-0.1, -0.05) is 17.3 Å². The number of nitrogens with zero attached hydrogens (tertiary/aromatic N) is 5. The fraction of sp³-hybridized carbons (Fsp3) is 0.474. The lowest BCUT2D eigenvalue weighted by Crippen LogP contribution is -2.36. The van der Waals surface area contributed by atoms with Crippen LogP contribution in [0, 0.1) is 13.8 Å². The van der Waals surface area contributed by atoms with Crippen LogP contribution in [0.3, 0.4) is 0 Å². The molecule has 0 aliphatic carbocycles. The summed E-state index contributed by atoms with van der Waals surface area (Å²) in [5, 5.41) is 15.9. The van der Waals surface area contributed by atoms with E-state index in [0.717, 1.165) is 29.0 Å². The van der Waals surface area contributed by atoms with Gasteiger partial charge in [-0.25, -0.2) is 4.68 Å². The Hall–Kier alpha value is -2.70. The number of hydrogen-bond acceptors (Lipinski definition) is 4. The molecule has 26 heavy (non-hydrogen) atoms. The first-order chi connectivity index (χ1) is 12.5. The number of rotatable bonds is 7. The standard InChI is InChI=1S/C19H26N6O/c1-5-24-15(4)16(14(3)22-24)10-11-19(26)20-13(2)12-25-18-9-7-6-8-17(18)21-23-25/h6-9,13H,5,10-12H2,1-4H3,(H,20,26)/t13-/m0/s1. The number of nitrogens with one attached hydrogen (secondary N) is 1. The van der Waals surface area contributed by atoms with Crippen molar-refractivity contribution in [2.75, 3.05) is 0 Å². The molecular weight excluding hydrogens is 328 g/mol. The Kier molecular flexibility index (Phi) is 5.35. The summed E-state index contributed by atoms with van der Waals surface area (Å²) in [4.78, 5) is 12.3. The Balaban J connectivity index is 1.55. The van der Waals surface area contributed by atoms with Gasteiger partial charge in [0.05, 0.1) is 17.8 Å². The lowest BCUT2D eigenvalue weighted by atomic mass is 10.1. The highest BCUT2D eigenvalue weighted by atomic mass is 16.1. The molecule has 7 nitrogen and oxygen atoms in total. The lowest BCUT2D eigenvalue weighted by molar-refractivity contribution is -0.121. The Bertz CT molecular complexity index is 910. The molecule has 1 aromatic carbocycles. The molecule has 1 amide bonds. The van der Waals surface area contributed by atoms with Gasteiger partial charge in [-0.3, -0.25) is 9.48 Å². The number of benzene rings is 1. The van der Waals surface area contributed by atoms with Gasteiger partial charge in [0, 0.05) is 24.7 Å². The number of carbonyl (C=O) groups is 1. The molecule has 2 aromatic heterocycles. The summed E-state index contributed by atoms with van der Waals surface area (Å²) in [6.07, 6.45) is 1.17. The molecule has 0 unspecified atom stereocenters. The third-order valence-corrected chi connectivity index (χ3v) is 4.71. The molecule has 2 heterocycles. The Morgan fingerprint density at radius 1 is 1.23 bits per heavy atom. The summed E-state index contributed by atoms with van der Waals surface area (Å²) in [6, 6.07) is 7.81. The predicted octanol–water partition coefficient (Wildman–Crippen LogP) is 2.40. The van der Waals surface area contributed by atoms with Gasteiger partial charge in [-0.2, -0.15) is 5.10 Å². The first-order valence-corrected chi connectivity index (χ1v) is 9.10. The van der Waals surface area contributed by atoms with E-state index < -0.39 is 0 Å². The quantitative estimate of drug-likeness (QED) is 0.707. The zero-order valence-electron chi connectivity index (χ0n) is 15.9. The summed E-state index contributed by atoms with van der Waals surface area (Å²) in [5.41, 5.74) is 5.19. The van der Waals surface area contributed by atoms with Crippen LogP contribution in [0.1, 0.15) is 37.2 Å². The van der Waals surface area contributed by atoms with Gasteiger partial charge in [-0.05, 0) is 51.8 Å². The fourth-order valence-corrected chi connectivity index (χ4v) is 3.35. The third kappa shape index (κ3) is 3.76. The van der Waals surface area contributed by atoms with E-state index in [4.69, 9.17) is 0 Å². The van der Waals surface area contributed by atoms with Crippen molar-refractivity contribution in [1.82, 2.24) is 30.1 Å². The zero-order valence-corrected chi connectivity index (χ0v) is 15.9. The number of aromatic nitrogens is 5. The van der Waals surface area contributed by atoms with Gasteiger partial charge in [0.25, 0.3) is 0 Å². The Morgan fingerprint density at radius 3 is 2.73 bits per heavy atom. The van der Waals surface area contributed by atoms with Crippen LogP contribution in [0.25, 0.3) is 11.0 Å². The van der Waals surface area contributed by atoms with Crippen molar-refractivity contribution in [1.29, 1.82) is 0 Å². The maximum Gasteiger partial charge on any atom is 0.220 e. The Morgan fingerprint density at radius 2 is 2.00 bits per heavy atom. The minimum absolute atomic E-state index is 0.0202. The van der Waals surface area contributed by atoms with E-state index >= 15 is 0 Å². The van der Waals surface area contributed by atoms with Crippen LogP contribution in [0.15, 0.2) is 24.3 Å². The number of fused-ring (bicyclic) bond motifs is 1. The van der Waals surface area contributed by atoms with E-state index in [1.165, 1.54) is 5.56 Å². The number of amides is 1. The van der Waals surface area contributed by atoms with E-state index in [1.54, 1.807) is 0 Å². The first kappa shape index (κ1) is 18.1. The van der Waals surface area contributed by atoms with Crippen molar-refractivity contribution in [2.24, 2.45) is 0 Å². The third-order valence-electron chi connectivity index (χ3n) is 4.71. The molecule has 138 valence electrons. The second-order valence-corrected chi connectivity index (χ2v) is 6.69. The highest BCUT2D eigenvalue weighted by Crippen LogP contribution is 2.15. The van der Waals surface area contributed by atoms with E-state index in [9.17, 15) is 4.79 Å². The largest absolute Gasteiger partial charge is 0.352 e. The fourth-order valence-electron chi connectivity index (χ4n) is 3.35. The van der Waals surface area contributed by atoms with Crippen molar-refractivity contribution in [3.63, 3.8) is 0 Å². The first-order valence-electron chi connectivity index (χ1n) is 9.10. The molecule has 7 heteroatoms. The van der Waals surface area contributed by atoms with Crippen molar-refractivity contribution >= 4 is 16.9 Å². The summed E-state index contributed by atoms with van der Waals surface area (Å²) < 4.78 is 3.82. The molecule has 0 saturated heterocycles. The molecule has 0 aliphatic heterocycles. The van der Waals surface area contributed by atoms with Crippen LogP contribution < -0.4 is 5.32 Å². The summed E-state index contributed by atoms with van der Waals surface area (Å²) in [6.45, 7) is 9.57. The molecule has 0 saturated carbocycles. The number of hydrogen-bond donors (Lipinski definition) is 1. The maximum absolute atomic E-state index is 12.3. The summed E-state index contributed by atoms with van der Waals surface area (Å²) in [7, 11) is 0. The molecule has 3 aromatic rings. The van der Waals surface area contributed by atoms with Gasteiger partial charge in [-0.15, -0.1) is 5.10 Å². The summed E-state index contributed by atoms with van der Waals surface area (Å²) >= 11 is 0. The van der Waals surface area contributed by atoms with E-state index in [-0.39, 0.29) is 11.9 Å². The SMILES string of the molecule is CCn1nc(C)c(CCC(=O)N[C@@H](C)Cn2nnc3ccccc32)c1C. The molecule has 0 aliphatic rings. The van der Waals surface area contributed by atoms with E-state index in [0.29, 0.717) is 19.4 Å². The van der Waals surface area contributed by atoms with Crippen LogP contribution >= 0.6 is 0 Å². The molecular formula is C19H26N6O. The van der Waals surface area contributed by atoms with Crippen LogP contribution in [-0.4, -0.2) is 36.7 Å². The number of carbonyl (C=O) groups excluding carboxylic acids is 1. The molecule has 0 fully saturated rings. The van der Waals surface area contributed by atoms with Crippen LogP contribution in [0.2, 0.25) is 0 Å². The molecule has 0 spiro atoms. The normalized spacial score (nSPS) is 12.5. The predicted molar refractivity (Wildman–Crippen MR) is 101 cm³/mol. The second kappa shape index (κ2) is 7.68. The van der Waals surface area contributed by atoms with Crippen molar-refractivity contribution in [3.8, 4) is 0 Å². The lowest BCUT2D eigenvalue weighted by Gasteiger charge is -2.14. The van der Waals surface area contributed by atoms with Gasteiger partial charge in [0.1, 0.15) is 5.52 Å². The highest BCUT2D eigenvalue weighted by Gasteiger charge is 2.14. The van der Waals surface area contributed by atoms with Gasteiger partial charge >= 0.3 is 0 Å². The maximum atomic E-state index is 12.3. The minimum atomic E-state index is -0.0202. The monoisotopic (exact) mass is 354 g/mol. The molecule has 3 rings (SSSR count). The molecule has 0 bridgehead atoms. The van der Waals surface area contributed by atoms with Gasteiger partial charge < -0.3 is 5.32 Å². The minimum Gasteiger partial charge on any atom is -0.352 e. The highest BCUT2D eigenvalue weighted by molar-refractivity contribution is 5.76. The topological polar surface area (TPSA) is 77.6 Å². The van der Waals surface area contributed by atoms with Gasteiger partial charge in [0.2, 0.25) is 5.91 Å². The summed E-state index contributed by atoms with van der Waals surface area (Å²) in [5.74, 6) is 0.0463. The Labute approximate surface area is 153 Å².